The van der Waals surface area contributed by atoms with Crippen molar-refractivity contribution in [2.45, 2.75) is 26.8 Å². The van der Waals surface area contributed by atoms with Crippen LogP contribution in [-0.2, 0) is 20.9 Å². The van der Waals surface area contributed by atoms with Crippen molar-refractivity contribution in [1.29, 1.82) is 0 Å². The minimum atomic E-state index is -0.0206. The molecular weight excluding hydrogens is 292 g/mol. The summed E-state index contributed by atoms with van der Waals surface area (Å²) in [7, 11) is 1.63. The normalized spacial score (nSPS) is 17.6. The molecule has 1 heterocycles. The van der Waals surface area contributed by atoms with Crippen LogP contribution in [0, 0.1) is 12.8 Å². The van der Waals surface area contributed by atoms with Crippen LogP contribution in [0.5, 0.6) is 0 Å². The Morgan fingerprint density at radius 1 is 1.39 bits per heavy atom. The Hall–Kier alpha value is -1.88. The highest BCUT2D eigenvalue weighted by Crippen LogP contribution is 2.17. The van der Waals surface area contributed by atoms with E-state index in [4.69, 9.17) is 4.74 Å². The number of benzene rings is 1. The van der Waals surface area contributed by atoms with E-state index in [1.54, 1.807) is 16.9 Å². The number of amides is 2. The predicted octanol–water partition coefficient (Wildman–Crippen LogP) is 1.84. The molecule has 5 heteroatoms. The molecule has 0 bridgehead atoms. The molecule has 2 rings (SSSR count). The van der Waals surface area contributed by atoms with Gasteiger partial charge in [-0.3, -0.25) is 9.59 Å². The minimum absolute atomic E-state index is 0.0206. The van der Waals surface area contributed by atoms with Crippen molar-refractivity contribution >= 4 is 11.8 Å². The van der Waals surface area contributed by atoms with Gasteiger partial charge in [0.05, 0.1) is 13.2 Å². The fourth-order valence-corrected chi connectivity index (χ4v) is 2.80. The maximum Gasteiger partial charge on any atom is 0.242 e. The molecule has 1 aromatic rings. The summed E-state index contributed by atoms with van der Waals surface area (Å²) < 4.78 is 5.12. The van der Waals surface area contributed by atoms with Gasteiger partial charge < -0.3 is 14.5 Å². The Kier molecular flexibility index (Phi) is 6.16. The van der Waals surface area contributed by atoms with Crippen molar-refractivity contribution < 1.29 is 14.3 Å². The summed E-state index contributed by atoms with van der Waals surface area (Å²) in [6.07, 6.45) is 0.835. The first-order chi connectivity index (χ1) is 11.0. The second-order valence-corrected chi connectivity index (χ2v) is 6.18. The third kappa shape index (κ3) is 4.55. The summed E-state index contributed by atoms with van der Waals surface area (Å²) in [5, 5.41) is 0. The highest BCUT2D eigenvalue weighted by Gasteiger charge is 2.30. The van der Waals surface area contributed by atoms with E-state index >= 15 is 0 Å². The molecule has 1 unspecified atom stereocenters. The van der Waals surface area contributed by atoms with Crippen LogP contribution in [0.15, 0.2) is 24.3 Å². The monoisotopic (exact) mass is 318 g/mol. The number of aryl methyl sites for hydroxylation is 1. The molecule has 126 valence electrons. The van der Waals surface area contributed by atoms with Crippen LogP contribution in [0.2, 0.25) is 0 Å². The van der Waals surface area contributed by atoms with Gasteiger partial charge >= 0.3 is 0 Å². The van der Waals surface area contributed by atoms with Crippen LogP contribution in [0.3, 0.4) is 0 Å². The standard InChI is InChI=1S/C18H26N2O3/c1-14-6-4-5-7-16(14)12-19(10-11-23-3)17(21)13-20-9-8-15(2)18(20)22/h4-7,15H,8-13H2,1-3H3. The first-order valence-electron chi connectivity index (χ1n) is 8.13. The number of nitrogens with zero attached hydrogens (tertiary/aromatic N) is 2. The van der Waals surface area contributed by atoms with Crippen molar-refractivity contribution in [1.82, 2.24) is 9.80 Å². The molecule has 23 heavy (non-hydrogen) atoms. The van der Waals surface area contributed by atoms with Crippen LogP contribution >= 0.6 is 0 Å². The summed E-state index contributed by atoms with van der Waals surface area (Å²) in [4.78, 5) is 28.1. The zero-order valence-electron chi connectivity index (χ0n) is 14.2. The van der Waals surface area contributed by atoms with Gasteiger partial charge in [-0.25, -0.2) is 0 Å². The molecule has 0 saturated carbocycles. The van der Waals surface area contributed by atoms with Crippen LogP contribution in [0.1, 0.15) is 24.5 Å². The van der Waals surface area contributed by atoms with Crippen molar-refractivity contribution in [2.24, 2.45) is 5.92 Å². The van der Waals surface area contributed by atoms with Gasteiger partial charge in [-0.1, -0.05) is 31.2 Å². The van der Waals surface area contributed by atoms with Gasteiger partial charge in [-0.05, 0) is 24.5 Å². The van der Waals surface area contributed by atoms with E-state index in [1.807, 2.05) is 38.1 Å². The molecule has 0 aliphatic carbocycles. The average Bonchev–Trinajstić information content (AvgIpc) is 2.85. The lowest BCUT2D eigenvalue weighted by atomic mass is 10.1. The van der Waals surface area contributed by atoms with Crippen LogP contribution < -0.4 is 0 Å². The van der Waals surface area contributed by atoms with Crippen molar-refractivity contribution in [3.8, 4) is 0 Å². The Balaban J connectivity index is 2.03. The number of carbonyl (C=O) groups excluding carboxylic acids is 2. The second-order valence-electron chi connectivity index (χ2n) is 6.18. The van der Waals surface area contributed by atoms with E-state index in [0.717, 1.165) is 17.5 Å². The number of rotatable bonds is 7. The largest absolute Gasteiger partial charge is 0.383 e. The number of carbonyl (C=O) groups is 2. The zero-order valence-corrected chi connectivity index (χ0v) is 14.2. The zero-order chi connectivity index (χ0) is 16.8. The highest BCUT2D eigenvalue weighted by molar-refractivity contribution is 5.87. The third-order valence-electron chi connectivity index (χ3n) is 4.43. The lowest BCUT2D eigenvalue weighted by Gasteiger charge is -2.26. The second kappa shape index (κ2) is 8.11. The van der Waals surface area contributed by atoms with E-state index in [0.29, 0.717) is 26.2 Å². The molecule has 1 aromatic carbocycles. The summed E-state index contributed by atoms with van der Waals surface area (Å²) in [5.41, 5.74) is 2.28. The van der Waals surface area contributed by atoms with Crippen LogP contribution in [0.25, 0.3) is 0 Å². The molecule has 5 nitrogen and oxygen atoms in total. The quantitative estimate of drug-likeness (QED) is 0.771. The molecule has 1 aliphatic rings. The fraction of sp³-hybridized carbons (Fsp3) is 0.556. The van der Waals surface area contributed by atoms with Gasteiger partial charge in [-0.15, -0.1) is 0 Å². The van der Waals surface area contributed by atoms with Crippen LogP contribution in [0.4, 0.5) is 0 Å². The molecule has 1 fully saturated rings. The van der Waals surface area contributed by atoms with Gasteiger partial charge in [0.15, 0.2) is 0 Å². The summed E-state index contributed by atoms with van der Waals surface area (Å²) in [6, 6.07) is 8.04. The molecular formula is C18H26N2O3. The molecule has 0 spiro atoms. The molecule has 0 N–H and O–H groups in total. The van der Waals surface area contributed by atoms with Gasteiger partial charge in [0.2, 0.25) is 11.8 Å². The van der Waals surface area contributed by atoms with E-state index < -0.39 is 0 Å². The molecule has 1 saturated heterocycles. The van der Waals surface area contributed by atoms with E-state index in [1.165, 1.54) is 0 Å². The number of hydrogen-bond donors (Lipinski definition) is 0. The topological polar surface area (TPSA) is 49.9 Å². The number of likely N-dealkylation sites (tertiary alicyclic amines) is 1. The smallest absolute Gasteiger partial charge is 0.242 e. The first kappa shape index (κ1) is 17.5. The summed E-state index contributed by atoms with van der Waals surface area (Å²) in [6.45, 7) is 6.37. The van der Waals surface area contributed by atoms with Gasteiger partial charge in [0.25, 0.3) is 0 Å². The molecule has 0 aromatic heterocycles. The van der Waals surface area contributed by atoms with E-state index in [-0.39, 0.29) is 24.3 Å². The third-order valence-corrected chi connectivity index (χ3v) is 4.43. The van der Waals surface area contributed by atoms with Gasteiger partial charge in [0, 0.05) is 32.7 Å². The van der Waals surface area contributed by atoms with E-state index in [9.17, 15) is 9.59 Å². The molecule has 0 radical (unpaired) electrons. The number of ether oxygens (including phenoxy) is 1. The van der Waals surface area contributed by atoms with Gasteiger partial charge in [-0.2, -0.15) is 0 Å². The van der Waals surface area contributed by atoms with Crippen molar-refractivity contribution in [3.63, 3.8) is 0 Å². The SMILES string of the molecule is COCCN(Cc1ccccc1C)C(=O)CN1CCC(C)C1=O. The summed E-state index contributed by atoms with van der Waals surface area (Å²) in [5.74, 6) is 0.0975. The van der Waals surface area contributed by atoms with Gasteiger partial charge in [0.1, 0.15) is 0 Å². The minimum Gasteiger partial charge on any atom is -0.383 e. The Morgan fingerprint density at radius 2 is 2.13 bits per heavy atom. The Bertz CT molecular complexity index is 559. The van der Waals surface area contributed by atoms with Crippen LogP contribution in [-0.4, -0.2) is 55.0 Å². The highest BCUT2D eigenvalue weighted by atomic mass is 16.5. The first-order valence-corrected chi connectivity index (χ1v) is 8.13. The maximum atomic E-state index is 12.6. The lowest BCUT2D eigenvalue weighted by molar-refractivity contribution is -0.140. The van der Waals surface area contributed by atoms with Crippen molar-refractivity contribution in [2.75, 3.05) is 33.4 Å². The predicted molar refractivity (Wildman–Crippen MR) is 88.8 cm³/mol. The molecule has 2 amide bonds. The average molecular weight is 318 g/mol. The summed E-state index contributed by atoms with van der Waals surface area (Å²) >= 11 is 0. The maximum absolute atomic E-state index is 12.6. The Labute approximate surface area is 138 Å². The fourth-order valence-electron chi connectivity index (χ4n) is 2.80. The van der Waals surface area contributed by atoms with E-state index in [2.05, 4.69) is 0 Å². The Morgan fingerprint density at radius 3 is 2.74 bits per heavy atom. The van der Waals surface area contributed by atoms with Crippen molar-refractivity contribution in [3.05, 3.63) is 35.4 Å². The number of hydrogen-bond acceptors (Lipinski definition) is 3. The lowest BCUT2D eigenvalue weighted by Crippen LogP contribution is -2.42. The molecule has 1 atom stereocenters. The number of methoxy groups -OCH3 is 1. The molecule has 1 aliphatic heterocycles.